The van der Waals surface area contributed by atoms with E-state index in [4.69, 9.17) is 10.2 Å². The van der Waals surface area contributed by atoms with Gasteiger partial charge in [-0.3, -0.25) is 14.4 Å². The van der Waals surface area contributed by atoms with Crippen molar-refractivity contribution in [1.29, 1.82) is 0 Å². The Balaban J connectivity index is 1.59. The number of halogens is 1. The van der Waals surface area contributed by atoms with Crippen molar-refractivity contribution in [2.75, 3.05) is 0 Å². The molecular formula is C21H18FN3O4. The van der Waals surface area contributed by atoms with Gasteiger partial charge in [-0.2, -0.15) is 0 Å². The van der Waals surface area contributed by atoms with Crippen LogP contribution in [0.4, 0.5) is 4.39 Å². The van der Waals surface area contributed by atoms with Gasteiger partial charge in [0.25, 0.3) is 17.4 Å². The van der Waals surface area contributed by atoms with Crippen LogP contribution in [0.15, 0.2) is 51.7 Å². The Morgan fingerprint density at radius 2 is 2.00 bits per heavy atom. The number of aromatic nitrogens is 1. The predicted octanol–water partition coefficient (Wildman–Crippen LogP) is 2.68. The van der Waals surface area contributed by atoms with Crippen LogP contribution >= 0.6 is 0 Å². The minimum atomic E-state index is -0.828. The molecule has 4 rings (SSSR count). The fourth-order valence-electron chi connectivity index (χ4n) is 3.57. The molecular weight excluding hydrogens is 377 g/mol. The first-order chi connectivity index (χ1) is 13.9. The van der Waals surface area contributed by atoms with E-state index in [1.807, 2.05) is 0 Å². The van der Waals surface area contributed by atoms with E-state index in [2.05, 4.69) is 10.3 Å². The van der Waals surface area contributed by atoms with Gasteiger partial charge in [0, 0.05) is 5.69 Å². The van der Waals surface area contributed by atoms with Crippen LogP contribution < -0.4 is 16.6 Å². The molecule has 148 valence electrons. The maximum atomic E-state index is 13.9. The van der Waals surface area contributed by atoms with Crippen molar-refractivity contribution >= 4 is 11.8 Å². The molecule has 0 spiro atoms. The summed E-state index contributed by atoms with van der Waals surface area (Å²) in [7, 11) is 0. The van der Waals surface area contributed by atoms with Crippen molar-refractivity contribution in [1.82, 2.24) is 10.3 Å². The molecule has 0 saturated carbocycles. The quantitative estimate of drug-likeness (QED) is 0.629. The van der Waals surface area contributed by atoms with Gasteiger partial charge in [0.15, 0.2) is 5.76 Å². The summed E-state index contributed by atoms with van der Waals surface area (Å²) in [4.78, 5) is 38.8. The number of rotatable bonds is 4. The van der Waals surface area contributed by atoms with Crippen LogP contribution in [0, 0.1) is 5.82 Å². The molecule has 3 aromatic rings. The molecule has 0 radical (unpaired) electrons. The van der Waals surface area contributed by atoms with Gasteiger partial charge in [-0.1, -0.05) is 12.1 Å². The molecule has 8 heteroatoms. The number of nitrogens with two attached hydrogens (primary N) is 1. The number of benzene rings is 1. The first-order valence-corrected chi connectivity index (χ1v) is 9.15. The van der Waals surface area contributed by atoms with Crippen LogP contribution in [0.3, 0.4) is 0 Å². The monoisotopic (exact) mass is 395 g/mol. The van der Waals surface area contributed by atoms with Crippen molar-refractivity contribution in [2.24, 2.45) is 5.73 Å². The second-order valence-electron chi connectivity index (χ2n) is 6.87. The highest BCUT2D eigenvalue weighted by Gasteiger charge is 2.26. The third kappa shape index (κ3) is 3.56. The van der Waals surface area contributed by atoms with E-state index in [9.17, 15) is 18.8 Å². The number of hydrogen-bond acceptors (Lipinski definition) is 4. The van der Waals surface area contributed by atoms with Gasteiger partial charge < -0.3 is 20.5 Å². The number of aryl methyl sites for hydroxylation is 1. The Labute approximate surface area is 164 Å². The van der Waals surface area contributed by atoms with Gasteiger partial charge in [-0.05, 0) is 55.2 Å². The van der Waals surface area contributed by atoms with E-state index in [0.29, 0.717) is 24.1 Å². The maximum Gasteiger partial charge on any atom is 0.287 e. The highest BCUT2D eigenvalue weighted by Crippen LogP contribution is 2.29. The smallest absolute Gasteiger partial charge is 0.287 e. The summed E-state index contributed by atoms with van der Waals surface area (Å²) in [5.74, 6) is -1.46. The third-order valence-electron chi connectivity index (χ3n) is 4.99. The second-order valence-corrected chi connectivity index (χ2v) is 6.87. The van der Waals surface area contributed by atoms with Gasteiger partial charge in [0.2, 0.25) is 0 Å². The zero-order chi connectivity index (χ0) is 20.5. The number of nitrogens with one attached hydrogen (secondary N) is 2. The predicted molar refractivity (Wildman–Crippen MR) is 103 cm³/mol. The Kier molecular flexibility index (Phi) is 4.75. The highest BCUT2D eigenvalue weighted by atomic mass is 19.1. The van der Waals surface area contributed by atoms with Crippen LogP contribution in [-0.4, -0.2) is 16.8 Å². The standard InChI is InChI=1S/C21H18FN3O4/c22-14-5-2-1-4-11(14)17-8-9-18(29-17)21(28)25-16-7-3-6-15-12(16)10-13(19(23)26)20(27)24-15/h1-2,4-5,8-10,16H,3,6-7H2,(H2,23,26)(H,24,27)(H,25,28). The number of H-pyrrole nitrogens is 1. The Bertz CT molecular complexity index is 1160. The summed E-state index contributed by atoms with van der Waals surface area (Å²) in [5.41, 5.74) is 6.16. The molecule has 0 bridgehead atoms. The van der Waals surface area contributed by atoms with Crippen molar-refractivity contribution in [3.63, 3.8) is 0 Å². The normalized spacial score (nSPS) is 15.6. The number of aromatic amines is 1. The Morgan fingerprint density at radius 3 is 2.76 bits per heavy atom. The van der Waals surface area contributed by atoms with Gasteiger partial charge in [0.05, 0.1) is 11.6 Å². The largest absolute Gasteiger partial charge is 0.451 e. The second kappa shape index (κ2) is 7.38. The summed E-state index contributed by atoms with van der Waals surface area (Å²) in [6.07, 6.45) is 2.01. The van der Waals surface area contributed by atoms with Crippen LogP contribution in [0.1, 0.15) is 51.1 Å². The molecule has 2 heterocycles. The lowest BCUT2D eigenvalue weighted by atomic mass is 9.90. The third-order valence-corrected chi connectivity index (χ3v) is 4.99. The molecule has 1 aliphatic rings. The van der Waals surface area contributed by atoms with Crippen LogP contribution in [0.25, 0.3) is 11.3 Å². The number of hydrogen-bond donors (Lipinski definition) is 3. The molecule has 7 nitrogen and oxygen atoms in total. The average Bonchev–Trinajstić information content (AvgIpc) is 3.18. The minimum absolute atomic E-state index is 0.0370. The van der Waals surface area contributed by atoms with Crippen LogP contribution in [0.5, 0.6) is 0 Å². The summed E-state index contributed by atoms with van der Waals surface area (Å²) < 4.78 is 19.5. The molecule has 1 atom stereocenters. The molecule has 0 aliphatic heterocycles. The Morgan fingerprint density at radius 1 is 1.21 bits per heavy atom. The lowest BCUT2D eigenvalue weighted by Crippen LogP contribution is -2.34. The molecule has 2 amide bonds. The Hall–Kier alpha value is -3.68. The van der Waals surface area contributed by atoms with Gasteiger partial charge in [-0.25, -0.2) is 4.39 Å². The van der Waals surface area contributed by atoms with Crippen molar-refractivity contribution in [2.45, 2.75) is 25.3 Å². The van der Waals surface area contributed by atoms with Gasteiger partial charge >= 0.3 is 0 Å². The van der Waals surface area contributed by atoms with Crippen LogP contribution in [-0.2, 0) is 6.42 Å². The highest BCUT2D eigenvalue weighted by molar-refractivity contribution is 5.93. The summed E-state index contributed by atoms with van der Waals surface area (Å²) >= 11 is 0. The van der Waals surface area contributed by atoms with E-state index < -0.39 is 29.2 Å². The number of furan rings is 1. The minimum Gasteiger partial charge on any atom is -0.451 e. The van der Waals surface area contributed by atoms with E-state index in [-0.39, 0.29) is 22.6 Å². The maximum absolute atomic E-state index is 13.9. The lowest BCUT2D eigenvalue weighted by molar-refractivity contribution is 0.0905. The SMILES string of the molecule is NC(=O)c1cc2c([nH]c1=O)CCCC2NC(=O)c1ccc(-c2ccccc2F)o1. The number of carbonyl (C=O) groups is 2. The molecule has 1 unspecified atom stereocenters. The number of amides is 2. The van der Waals surface area contributed by atoms with E-state index in [1.54, 1.807) is 18.2 Å². The fraction of sp³-hybridized carbons (Fsp3) is 0.190. The molecule has 0 fully saturated rings. The molecule has 29 heavy (non-hydrogen) atoms. The summed E-state index contributed by atoms with van der Waals surface area (Å²) in [6, 6.07) is 10.2. The van der Waals surface area contributed by atoms with Crippen molar-refractivity contribution < 1.29 is 18.4 Å². The van der Waals surface area contributed by atoms with E-state index >= 15 is 0 Å². The summed E-state index contributed by atoms with van der Waals surface area (Å²) in [5, 5.41) is 2.86. The van der Waals surface area contributed by atoms with Crippen molar-refractivity contribution in [3.05, 3.63) is 81.2 Å². The fourth-order valence-corrected chi connectivity index (χ4v) is 3.57. The average molecular weight is 395 g/mol. The molecule has 2 aromatic heterocycles. The van der Waals surface area contributed by atoms with Gasteiger partial charge in [-0.15, -0.1) is 0 Å². The van der Waals surface area contributed by atoms with E-state index in [1.165, 1.54) is 24.3 Å². The van der Waals surface area contributed by atoms with Crippen molar-refractivity contribution in [3.8, 4) is 11.3 Å². The van der Waals surface area contributed by atoms with E-state index in [0.717, 1.165) is 6.42 Å². The van der Waals surface area contributed by atoms with Gasteiger partial charge in [0.1, 0.15) is 17.1 Å². The topological polar surface area (TPSA) is 118 Å². The number of pyridine rings is 1. The lowest BCUT2D eigenvalue weighted by Gasteiger charge is -2.26. The molecule has 4 N–H and O–H groups in total. The first-order valence-electron chi connectivity index (χ1n) is 9.15. The van der Waals surface area contributed by atoms with Crippen LogP contribution in [0.2, 0.25) is 0 Å². The first kappa shape index (κ1) is 18.7. The number of primary amides is 1. The zero-order valence-corrected chi connectivity index (χ0v) is 15.3. The zero-order valence-electron chi connectivity index (χ0n) is 15.3. The molecule has 0 saturated heterocycles. The molecule has 1 aromatic carbocycles. The number of carbonyl (C=O) groups excluding carboxylic acids is 2. The number of fused-ring (bicyclic) bond motifs is 1. The molecule has 1 aliphatic carbocycles. The summed E-state index contributed by atoms with van der Waals surface area (Å²) in [6.45, 7) is 0.